The van der Waals surface area contributed by atoms with Gasteiger partial charge in [0.25, 0.3) is 5.91 Å². The Balaban J connectivity index is 1.41. The van der Waals surface area contributed by atoms with Gasteiger partial charge in [0.15, 0.2) is 0 Å². The molecular formula is C18H21N5O2. The molecule has 0 radical (unpaired) electrons. The highest BCUT2D eigenvalue weighted by Crippen LogP contribution is 2.35. The summed E-state index contributed by atoms with van der Waals surface area (Å²) in [5.74, 6) is 0.617. The Morgan fingerprint density at radius 2 is 2.04 bits per heavy atom. The van der Waals surface area contributed by atoms with Crippen LogP contribution in [-0.4, -0.2) is 57.1 Å². The van der Waals surface area contributed by atoms with E-state index < -0.39 is 0 Å². The van der Waals surface area contributed by atoms with Gasteiger partial charge in [-0.15, -0.1) is 0 Å². The van der Waals surface area contributed by atoms with Crippen LogP contribution in [0.25, 0.3) is 0 Å². The van der Waals surface area contributed by atoms with E-state index in [0.29, 0.717) is 31.3 Å². The van der Waals surface area contributed by atoms with Crippen molar-refractivity contribution in [2.24, 2.45) is 0 Å². The summed E-state index contributed by atoms with van der Waals surface area (Å²) in [5.41, 5.74) is 0.206. The van der Waals surface area contributed by atoms with E-state index in [-0.39, 0.29) is 17.6 Å². The van der Waals surface area contributed by atoms with Crippen LogP contribution in [0.3, 0.4) is 0 Å². The number of aromatic nitrogens is 3. The zero-order valence-electron chi connectivity index (χ0n) is 14.0. The molecule has 130 valence electrons. The van der Waals surface area contributed by atoms with Crippen LogP contribution in [0.2, 0.25) is 0 Å². The van der Waals surface area contributed by atoms with E-state index in [0.717, 1.165) is 19.3 Å². The van der Waals surface area contributed by atoms with Crippen molar-refractivity contribution in [3.05, 3.63) is 48.5 Å². The molecule has 2 aromatic rings. The number of hydrogen-bond acceptors (Lipinski definition) is 6. The first kappa shape index (κ1) is 16.0. The zero-order chi connectivity index (χ0) is 17.1. The predicted molar refractivity (Wildman–Crippen MR) is 92.1 cm³/mol. The van der Waals surface area contributed by atoms with E-state index in [9.17, 15) is 4.79 Å². The molecule has 2 aliphatic heterocycles. The smallest absolute Gasteiger partial charge is 0.272 e. The standard InChI is InChI=1S/C18H21N5O2/c24-16(15-4-1-2-7-19-15)23-10-6-18(13-23)12-14(5-11-25-18)22-17-20-8-3-9-21-17/h1-4,7-9,14H,5-6,10-13H2,(H,20,21,22)/t14-,18+/m1/s1. The average Bonchev–Trinajstić information content (AvgIpc) is 3.06. The van der Waals surface area contributed by atoms with Crippen molar-refractivity contribution < 1.29 is 9.53 Å². The maximum Gasteiger partial charge on any atom is 0.272 e. The Bertz CT molecular complexity index is 727. The fraction of sp³-hybridized carbons (Fsp3) is 0.444. The monoisotopic (exact) mass is 339 g/mol. The van der Waals surface area contributed by atoms with E-state index in [4.69, 9.17) is 4.74 Å². The number of rotatable bonds is 3. The SMILES string of the molecule is O=C(c1ccccn1)N1CC[C@]2(C[C@H](Nc3ncccn3)CCO2)C1. The van der Waals surface area contributed by atoms with Gasteiger partial charge in [-0.3, -0.25) is 9.78 Å². The van der Waals surface area contributed by atoms with Gasteiger partial charge < -0.3 is 15.0 Å². The molecule has 7 heteroatoms. The van der Waals surface area contributed by atoms with Gasteiger partial charge in [-0.05, 0) is 37.5 Å². The molecule has 2 fully saturated rings. The summed E-state index contributed by atoms with van der Waals surface area (Å²) >= 11 is 0. The number of hydrogen-bond donors (Lipinski definition) is 1. The molecule has 0 aliphatic carbocycles. The molecule has 2 aliphatic rings. The molecule has 2 atom stereocenters. The molecule has 1 N–H and O–H groups in total. The molecular weight excluding hydrogens is 318 g/mol. The summed E-state index contributed by atoms with van der Waals surface area (Å²) in [4.78, 5) is 27.1. The van der Waals surface area contributed by atoms with Gasteiger partial charge in [-0.1, -0.05) is 6.07 Å². The first-order valence-electron chi connectivity index (χ1n) is 8.62. The van der Waals surface area contributed by atoms with Crippen LogP contribution in [0.15, 0.2) is 42.9 Å². The maximum atomic E-state index is 12.6. The number of nitrogens with one attached hydrogen (secondary N) is 1. The minimum atomic E-state index is -0.283. The van der Waals surface area contributed by atoms with Gasteiger partial charge >= 0.3 is 0 Å². The third-order valence-corrected chi connectivity index (χ3v) is 4.88. The molecule has 25 heavy (non-hydrogen) atoms. The largest absolute Gasteiger partial charge is 0.373 e. The van der Waals surface area contributed by atoms with E-state index in [1.807, 2.05) is 17.0 Å². The van der Waals surface area contributed by atoms with Crippen molar-refractivity contribution in [3.8, 4) is 0 Å². The Morgan fingerprint density at radius 3 is 2.84 bits per heavy atom. The highest BCUT2D eigenvalue weighted by atomic mass is 16.5. The molecule has 2 saturated heterocycles. The van der Waals surface area contributed by atoms with Crippen molar-refractivity contribution in [1.29, 1.82) is 0 Å². The second kappa shape index (κ2) is 6.76. The van der Waals surface area contributed by atoms with Crippen LogP contribution >= 0.6 is 0 Å². The molecule has 1 amide bonds. The first-order valence-corrected chi connectivity index (χ1v) is 8.62. The average molecular weight is 339 g/mol. The lowest BCUT2D eigenvalue weighted by Crippen LogP contribution is -2.47. The summed E-state index contributed by atoms with van der Waals surface area (Å²) in [5, 5.41) is 3.39. The van der Waals surface area contributed by atoms with Crippen molar-refractivity contribution in [3.63, 3.8) is 0 Å². The first-order chi connectivity index (χ1) is 12.2. The third-order valence-electron chi connectivity index (χ3n) is 4.88. The highest BCUT2D eigenvalue weighted by molar-refractivity contribution is 5.92. The fourth-order valence-corrected chi connectivity index (χ4v) is 3.66. The van der Waals surface area contributed by atoms with Crippen molar-refractivity contribution in [2.45, 2.75) is 30.9 Å². The number of anilines is 1. The summed E-state index contributed by atoms with van der Waals surface area (Å²) in [6, 6.07) is 7.46. The number of amides is 1. The number of ether oxygens (including phenoxy) is 1. The van der Waals surface area contributed by atoms with Gasteiger partial charge in [-0.25, -0.2) is 9.97 Å². The van der Waals surface area contributed by atoms with Crippen molar-refractivity contribution in [2.75, 3.05) is 25.0 Å². The van der Waals surface area contributed by atoms with Crippen LogP contribution < -0.4 is 5.32 Å². The number of pyridine rings is 1. The molecule has 2 aromatic heterocycles. The van der Waals surface area contributed by atoms with Crippen molar-refractivity contribution in [1.82, 2.24) is 19.9 Å². The lowest BCUT2D eigenvalue weighted by molar-refractivity contribution is -0.0721. The normalized spacial score (nSPS) is 25.9. The summed E-state index contributed by atoms with van der Waals surface area (Å²) in [6.45, 7) is 1.98. The lowest BCUT2D eigenvalue weighted by atomic mass is 9.89. The molecule has 4 heterocycles. The molecule has 0 unspecified atom stereocenters. The minimum absolute atomic E-state index is 0.0254. The number of likely N-dealkylation sites (tertiary alicyclic amines) is 1. The molecule has 4 rings (SSSR count). The second-order valence-corrected chi connectivity index (χ2v) is 6.63. The van der Waals surface area contributed by atoms with Gasteiger partial charge in [0.05, 0.1) is 12.1 Å². The summed E-state index contributed by atoms with van der Waals surface area (Å²) < 4.78 is 6.12. The Kier molecular flexibility index (Phi) is 4.31. The van der Waals surface area contributed by atoms with Gasteiger partial charge in [-0.2, -0.15) is 0 Å². The van der Waals surface area contributed by atoms with E-state index in [1.165, 1.54) is 0 Å². The number of carbonyl (C=O) groups is 1. The van der Waals surface area contributed by atoms with Gasteiger partial charge in [0, 0.05) is 37.8 Å². The summed E-state index contributed by atoms with van der Waals surface area (Å²) in [7, 11) is 0. The van der Waals surface area contributed by atoms with Crippen LogP contribution in [0, 0.1) is 0 Å². The second-order valence-electron chi connectivity index (χ2n) is 6.63. The molecule has 1 spiro atoms. The van der Waals surface area contributed by atoms with Gasteiger partial charge in [0.2, 0.25) is 5.95 Å². The Labute approximate surface area is 146 Å². The zero-order valence-corrected chi connectivity index (χ0v) is 14.0. The molecule has 0 aromatic carbocycles. The topological polar surface area (TPSA) is 80.2 Å². The third kappa shape index (κ3) is 3.46. The van der Waals surface area contributed by atoms with Gasteiger partial charge in [0.1, 0.15) is 5.69 Å². The van der Waals surface area contributed by atoms with E-state index in [1.54, 1.807) is 30.7 Å². The number of nitrogens with zero attached hydrogens (tertiary/aromatic N) is 4. The molecule has 7 nitrogen and oxygen atoms in total. The van der Waals surface area contributed by atoms with Crippen LogP contribution in [0.4, 0.5) is 5.95 Å². The fourth-order valence-electron chi connectivity index (χ4n) is 3.66. The predicted octanol–water partition coefficient (Wildman–Crippen LogP) is 1.75. The van der Waals surface area contributed by atoms with E-state index >= 15 is 0 Å². The van der Waals surface area contributed by atoms with Crippen molar-refractivity contribution >= 4 is 11.9 Å². The molecule has 0 saturated carbocycles. The maximum absolute atomic E-state index is 12.6. The van der Waals surface area contributed by atoms with Crippen LogP contribution in [-0.2, 0) is 4.74 Å². The summed E-state index contributed by atoms with van der Waals surface area (Å²) in [6.07, 6.45) is 7.71. The lowest BCUT2D eigenvalue weighted by Gasteiger charge is -2.38. The highest BCUT2D eigenvalue weighted by Gasteiger charge is 2.45. The van der Waals surface area contributed by atoms with E-state index in [2.05, 4.69) is 20.3 Å². The molecule has 0 bridgehead atoms. The van der Waals surface area contributed by atoms with Crippen LogP contribution in [0.1, 0.15) is 29.8 Å². The Morgan fingerprint density at radius 1 is 1.20 bits per heavy atom. The number of carbonyl (C=O) groups excluding carboxylic acids is 1. The quantitative estimate of drug-likeness (QED) is 0.918. The minimum Gasteiger partial charge on any atom is -0.373 e. The van der Waals surface area contributed by atoms with Crippen LogP contribution in [0.5, 0.6) is 0 Å². The Hall–Kier alpha value is -2.54.